The standard InChI is InChI=1S/C17H26N6O2/c1-13-16(14(2)25-20-13)11-17(24)22-6-4-5-21(7-9-22)8-10-23-12-18-19-15(23)3/h12H,4-11H2,1-3H3. The number of amides is 1. The Hall–Kier alpha value is -2.22. The third kappa shape index (κ3) is 4.25. The number of aryl methyl sites for hydroxylation is 3. The summed E-state index contributed by atoms with van der Waals surface area (Å²) in [5, 5.41) is 11.9. The summed E-state index contributed by atoms with van der Waals surface area (Å²) in [6.45, 7) is 11.0. The van der Waals surface area contributed by atoms with Gasteiger partial charge >= 0.3 is 0 Å². The molecule has 1 amide bonds. The molecular weight excluding hydrogens is 320 g/mol. The average Bonchev–Trinajstić information content (AvgIpc) is 3.04. The number of aromatic nitrogens is 4. The fraction of sp³-hybridized carbons (Fsp3) is 0.647. The zero-order valence-electron chi connectivity index (χ0n) is 15.2. The molecule has 3 heterocycles. The van der Waals surface area contributed by atoms with E-state index >= 15 is 0 Å². The summed E-state index contributed by atoms with van der Waals surface area (Å²) in [6.07, 6.45) is 3.14. The minimum absolute atomic E-state index is 0.158. The second-order valence-electron chi connectivity index (χ2n) is 6.63. The lowest BCUT2D eigenvalue weighted by Gasteiger charge is -2.22. The van der Waals surface area contributed by atoms with E-state index in [1.54, 1.807) is 6.33 Å². The van der Waals surface area contributed by atoms with Crippen molar-refractivity contribution < 1.29 is 9.32 Å². The minimum atomic E-state index is 0.158. The zero-order valence-corrected chi connectivity index (χ0v) is 15.2. The first-order valence-electron chi connectivity index (χ1n) is 8.81. The highest BCUT2D eigenvalue weighted by atomic mass is 16.5. The zero-order chi connectivity index (χ0) is 17.8. The first-order valence-corrected chi connectivity index (χ1v) is 8.81. The van der Waals surface area contributed by atoms with Crippen LogP contribution in [-0.2, 0) is 17.8 Å². The SMILES string of the molecule is Cc1noc(C)c1CC(=O)N1CCCN(CCn2cnnc2C)CC1. The van der Waals surface area contributed by atoms with Crippen LogP contribution in [0.25, 0.3) is 0 Å². The van der Waals surface area contributed by atoms with Crippen LogP contribution in [0.15, 0.2) is 10.9 Å². The lowest BCUT2D eigenvalue weighted by atomic mass is 10.1. The third-order valence-corrected chi connectivity index (χ3v) is 4.92. The van der Waals surface area contributed by atoms with E-state index in [4.69, 9.17) is 4.52 Å². The smallest absolute Gasteiger partial charge is 0.227 e. The van der Waals surface area contributed by atoms with E-state index in [0.29, 0.717) is 6.42 Å². The Balaban J connectivity index is 1.51. The van der Waals surface area contributed by atoms with Crippen LogP contribution in [0, 0.1) is 20.8 Å². The molecule has 0 bridgehead atoms. The van der Waals surface area contributed by atoms with E-state index in [9.17, 15) is 4.79 Å². The molecule has 0 radical (unpaired) electrons. The summed E-state index contributed by atoms with van der Waals surface area (Å²) < 4.78 is 7.22. The average molecular weight is 346 g/mol. The maximum absolute atomic E-state index is 12.6. The quantitative estimate of drug-likeness (QED) is 0.802. The molecule has 2 aromatic rings. The predicted molar refractivity (Wildman–Crippen MR) is 92.1 cm³/mol. The van der Waals surface area contributed by atoms with Crippen molar-refractivity contribution in [2.24, 2.45) is 0 Å². The summed E-state index contributed by atoms with van der Waals surface area (Å²) in [5.41, 5.74) is 1.74. The summed E-state index contributed by atoms with van der Waals surface area (Å²) in [7, 11) is 0. The van der Waals surface area contributed by atoms with E-state index in [1.165, 1.54) is 0 Å². The summed E-state index contributed by atoms with van der Waals surface area (Å²) in [4.78, 5) is 17.0. The fourth-order valence-electron chi connectivity index (χ4n) is 3.24. The number of nitrogens with zero attached hydrogens (tertiary/aromatic N) is 6. The summed E-state index contributed by atoms with van der Waals surface area (Å²) >= 11 is 0. The van der Waals surface area contributed by atoms with Crippen molar-refractivity contribution in [3.63, 3.8) is 0 Å². The molecule has 0 aromatic carbocycles. The third-order valence-electron chi connectivity index (χ3n) is 4.92. The Morgan fingerprint density at radius 2 is 2.00 bits per heavy atom. The van der Waals surface area contributed by atoms with Gasteiger partial charge in [0.2, 0.25) is 5.91 Å². The molecule has 1 aliphatic heterocycles. The molecule has 1 fully saturated rings. The van der Waals surface area contributed by atoms with Crippen LogP contribution in [-0.4, -0.2) is 68.4 Å². The molecular formula is C17H26N6O2. The van der Waals surface area contributed by atoms with E-state index in [-0.39, 0.29) is 5.91 Å². The van der Waals surface area contributed by atoms with Gasteiger partial charge in [0.25, 0.3) is 0 Å². The van der Waals surface area contributed by atoms with Gasteiger partial charge < -0.3 is 14.0 Å². The topological polar surface area (TPSA) is 80.3 Å². The Morgan fingerprint density at radius 3 is 2.68 bits per heavy atom. The molecule has 2 aromatic heterocycles. The highest BCUT2D eigenvalue weighted by Crippen LogP contribution is 2.15. The molecule has 1 aliphatic rings. The lowest BCUT2D eigenvalue weighted by Crippen LogP contribution is -2.37. The van der Waals surface area contributed by atoms with Gasteiger partial charge in [0.05, 0.1) is 12.1 Å². The van der Waals surface area contributed by atoms with Crippen LogP contribution in [0.1, 0.15) is 29.3 Å². The molecule has 0 unspecified atom stereocenters. The first kappa shape index (κ1) is 17.6. The van der Waals surface area contributed by atoms with Crippen molar-refractivity contribution in [2.45, 2.75) is 40.2 Å². The number of hydrogen-bond acceptors (Lipinski definition) is 6. The Labute approximate surface area is 147 Å². The maximum atomic E-state index is 12.6. The van der Waals surface area contributed by atoms with Crippen molar-refractivity contribution >= 4 is 5.91 Å². The van der Waals surface area contributed by atoms with E-state index in [0.717, 1.165) is 68.5 Å². The molecule has 3 rings (SSSR count). The number of carbonyl (C=O) groups excluding carboxylic acids is 1. The van der Waals surface area contributed by atoms with Crippen LogP contribution < -0.4 is 0 Å². The van der Waals surface area contributed by atoms with Crippen LogP contribution >= 0.6 is 0 Å². The van der Waals surface area contributed by atoms with Gasteiger partial charge in [-0.25, -0.2) is 0 Å². The molecule has 0 aliphatic carbocycles. The van der Waals surface area contributed by atoms with Gasteiger partial charge in [0.15, 0.2) is 0 Å². The minimum Gasteiger partial charge on any atom is -0.361 e. The van der Waals surface area contributed by atoms with Crippen molar-refractivity contribution in [2.75, 3.05) is 32.7 Å². The van der Waals surface area contributed by atoms with Crippen LogP contribution in [0.2, 0.25) is 0 Å². The summed E-state index contributed by atoms with van der Waals surface area (Å²) in [5.74, 6) is 1.84. The number of hydrogen-bond donors (Lipinski definition) is 0. The molecule has 25 heavy (non-hydrogen) atoms. The molecule has 136 valence electrons. The Bertz CT molecular complexity index is 703. The van der Waals surface area contributed by atoms with E-state index in [2.05, 4.69) is 24.8 Å². The van der Waals surface area contributed by atoms with Crippen molar-refractivity contribution in [3.8, 4) is 0 Å². The second-order valence-corrected chi connectivity index (χ2v) is 6.63. The first-order chi connectivity index (χ1) is 12.0. The molecule has 0 saturated carbocycles. The van der Waals surface area contributed by atoms with Crippen molar-refractivity contribution in [1.29, 1.82) is 0 Å². The van der Waals surface area contributed by atoms with Gasteiger partial charge in [-0.05, 0) is 33.7 Å². The van der Waals surface area contributed by atoms with Gasteiger partial charge in [0, 0.05) is 38.3 Å². The van der Waals surface area contributed by atoms with Crippen LogP contribution in [0.3, 0.4) is 0 Å². The molecule has 0 spiro atoms. The highest BCUT2D eigenvalue weighted by Gasteiger charge is 2.21. The molecule has 0 N–H and O–H groups in total. The van der Waals surface area contributed by atoms with Gasteiger partial charge in [-0.1, -0.05) is 5.16 Å². The highest BCUT2D eigenvalue weighted by molar-refractivity contribution is 5.79. The van der Waals surface area contributed by atoms with E-state index in [1.807, 2.05) is 25.7 Å². The largest absolute Gasteiger partial charge is 0.361 e. The monoisotopic (exact) mass is 346 g/mol. The number of carbonyl (C=O) groups is 1. The number of rotatable bonds is 5. The van der Waals surface area contributed by atoms with Crippen LogP contribution in [0.5, 0.6) is 0 Å². The van der Waals surface area contributed by atoms with Gasteiger partial charge in [-0.3, -0.25) is 9.69 Å². The van der Waals surface area contributed by atoms with Crippen molar-refractivity contribution in [3.05, 3.63) is 29.2 Å². The normalized spacial score (nSPS) is 16.2. The molecule has 8 heteroatoms. The predicted octanol–water partition coefficient (Wildman–Crippen LogP) is 0.968. The second kappa shape index (κ2) is 7.77. The van der Waals surface area contributed by atoms with Gasteiger partial charge in [-0.15, -0.1) is 10.2 Å². The summed E-state index contributed by atoms with van der Waals surface area (Å²) in [6, 6.07) is 0. The Kier molecular flexibility index (Phi) is 5.47. The Morgan fingerprint density at radius 1 is 1.16 bits per heavy atom. The van der Waals surface area contributed by atoms with Crippen LogP contribution in [0.4, 0.5) is 0 Å². The van der Waals surface area contributed by atoms with E-state index < -0.39 is 0 Å². The maximum Gasteiger partial charge on any atom is 0.227 e. The van der Waals surface area contributed by atoms with Gasteiger partial charge in [-0.2, -0.15) is 0 Å². The molecule has 8 nitrogen and oxygen atoms in total. The van der Waals surface area contributed by atoms with Gasteiger partial charge in [0.1, 0.15) is 17.9 Å². The van der Waals surface area contributed by atoms with Crippen molar-refractivity contribution in [1.82, 2.24) is 29.7 Å². The molecule has 0 atom stereocenters. The fourth-order valence-corrected chi connectivity index (χ4v) is 3.24. The molecule has 1 saturated heterocycles. The lowest BCUT2D eigenvalue weighted by molar-refractivity contribution is -0.130.